The lowest BCUT2D eigenvalue weighted by Crippen LogP contribution is -2.31. The Hall–Kier alpha value is -1.13. The fourth-order valence-electron chi connectivity index (χ4n) is 2.83. The molecule has 4 nitrogen and oxygen atoms in total. The van der Waals surface area contributed by atoms with E-state index >= 15 is 0 Å². The Kier molecular flexibility index (Phi) is 5.80. The maximum absolute atomic E-state index is 5.28. The van der Waals surface area contributed by atoms with Crippen LogP contribution in [0.4, 0.5) is 0 Å². The van der Waals surface area contributed by atoms with Crippen molar-refractivity contribution in [1.82, 2.24) is 15.2 Å². The summed E-state index contributed by atoms with van der Waals surface area (Å²) in [5.41, 5.74) is 2.06. The fourth-order valence-corrected chi connectivity index (χ4v) is 2.83. The van der Waals surface area contributed by atoms with Gasteiger partial charge in [0.25, 0.3) is 0 Å². The number of nitrogens with zero attached hydrogens (tertiary/aromatic N) is 2. The minimum atomic E-state index is 0.680. The Bertz CT molecular complexity index is 416. The van der Waals surface area contributed by atoms with Crippen LogP contribution < -0.4 is 10.1 Å². The largest absolute Gasteiger partial charge is 0.497 e. The summed E-state index contributed by atoms with van der Waals surface area (Å²) in [6, 6.07) is 3.96. The minimum absolute atomic E-state index is 0.680. The number of likely N-dealkylation sites (tertiary alicyclic amines) is 1. The van der Waals surface area contributed by atoms with Gasteiger partial charge in [-0.25, -0.2) is 0 Å². The molecule has 2 heterocycles. The molecule has 0 aliphatic carbocycles. The summed E-state index contributed by atoms with van der Waals surface area (Å²) in [6.45, 7) is 9.92. The van der Waals surface area contributed by atoms with Crippen molar-refractivity contribution < 1.29 is 4.74 Å². The molecule has 20 heavy (non-hydrogen) atoms. The minimum Gasteiger partial charge on any atom is -0.497 e. The Morgan fingerprint density at radius 2 is 2.10 bits per heavy atom. The number of methoxy groups -OCH3 is 1. The Morgan fingerprint density at radius 1 is 1.35 bits per heavy atom. The van der Waals surface area contributed by atoms with Gasteiger partial charge in [0, 0.05) is 30.9 Å². The SMILES string of the molecule is COc1cc(C)nc(CNCC(C)CN2CCCC2)c1. The number of ether oxygens (including phenoxy) is 1. The molecular weight excluding hydrogens is 250 g/mol. The van der Waals surface area contributed by atoms with Gasteiger partial charge in [-0.2, -0.15) is 0 Å². The second-order valence-corrected chi connectivity index (χ2v) is 5.88. The number of hydrogen-bond donors (Lipinski definition) is 1. The quantitative estimate of drug-likeness (QED) is 0.829. The average Bonchev–Trinajstić information content (AvgIpc) is 2.90. The second kappa shape index (κ2) is 7.60. The van der Waals surface area contributed by atoms with Crippen molar-refractivity contribution in [2.45, 2.75) is 33.2 Å². The first-order valence-electron chi connectivity index (χ1n) is 7.62. The molecule has 1 saturated heterocycles. The molecule has 2 rings (SSSR count). The molecule has 0 aromatic carbocycles. The second-order valence-electron chi connectivity index (χ2n) is 5.88. The number of pyridine rings is 1. The van der Waals surface area contributed by atoms with E-state index < -0.39 is 0 Å². The van der Waals surface area contributed by atoms with Gasteiger partial charge in [0.2, 0.25) is 0 Å². The van der Waals surface area contributed by atoms with Crippen LogP contribution in [0.2, 0.25) is 0 Å². The summed E-state index contributed by atoms with van der Waals surface area (Å²) in [4.78, 5) is 7.10. The molecule has 1 N–H and O–H groups in total. The average molecular weight is 277 g/mol. The molecule has 1 fully saturated rings. The monoisotopic (exact) mass is 277 g/mol. The molecule has 1 aliphatic rings. The third-order valence-electron chi connectivity index (χ3n) is 3.78. The molecule has 0 spiro atoms. The van der Waals surface area contributed by atoms with Gasteiger partial charge in [-0.15, -0.1) is 0 Å². The van der Waals surface area contributed by atoms with Gasteiger partial charge in [0.15, 0.2) is 0 Å². The zero-order chi connectivity index (χ0) is 14.4. The molecule has 0 radical (unpaired) electrons. The van der Waals surface area contributed by atoms with E-state index in [9.17, 15) is 0 Å². The summed E-state index contributed by atoms with van der Waals surface area (Å²) >= 11 is 0. The van der Waals surface area contributed by atoms with Crippen LogP contribution in [0.5, 0.6) is 5.75 Å². The molecule has 1 aliphatic heterocycles. The van der Waals surface area contributed by atoms with Gasteiger partial charge in [0.05, 0.1) is 12.8 Å². The Balaban J connectivity index is 1.73. The van der Waals surface area contributed by atoms with E-state index in [1.165, 1.54) is 32.5 Å². The maximum atomic E-state index is 5.28. The first-order valence-corrected chi connectivity index (χ1v) is 7.62. The van der Waals surface area contributed by atoms with Crippen LogP contribution in [0.25, 0.3) is 0 Å². The summed E-state index contributed by atoms with van der Waals surface area (Å²) in [5, 5.41) is 3.51. The van der Waals surface area contributed by atoms with Crippen LogP contribution in [-0.4, -0.2) is 43.2 Å². The molecule has 1 atom stereocenters. The molecule has 1 aromatic heterocycles. The number of nitrogens with one attached hydrogen (secondary N) is 1. The van der Waals surface area contributed by atoms with Crippen molar-refractivity contribution in [2.75, 3.05) is 33.3 Å². The van der Waals surface area contributed by atoms with Crippen molar-refractivity contribution in [2.24, 2.45) is 5.92 Å². The first-order chi connectivity index (χ1) is 9.67. The van der Waals surface area contributed by atoms with E-state index in [4.69, 9.17) is 4.74 Å². The van der Waals surface area contributed by atoms with Crippen molar-refractivity contribution in [1.29, 1.82) is 0 Å². The van der Waals surface area contributed by atoms with Gasteiger partial charge < -0.3 is 15.0 Å². The van der Waals surface area contributed by atoms with Crippen molar-refractivity contribution in [3.63, 3.8) is 0 Å². The van der Waals surface area contributed by atoms with Gasteiger partial charge in [0.1, 0.15) is 5.75 Å². The number of hydrogen-bond acceptors (Lipinski definition) is 4. The van der Waals surface area contributed by atoms with Crippen molar-refractivity contribution in [3.05, 3.63) is 23.5 Å². The predicted molar refractivity (Wildman–Crippen MR) is 82.1 cm³/mol. The molecule has 0 saturated carbocycles. The van der Waals surface area contributed by atoms with E-state index in [2.05, 4.69) is 22.1 Å². The van der Waals surface area contributed by atoms with Crippen LogP contribution in [0.15, 0.2) is 12.1 Å². The standard InChI is InChI=1S/C16H27N3O/c1-13(12-19-6-4-5-7-19)10-17-11-15-9-16(20-3)8-14(2)18-15/h8-9,13,17H,4-7,10-12H2,1-3H3. The van der Waals surface area contributed by atoms with Gasteiger partial charge in [-0.05, 0) is 45.3 Å². The lowest BCUT2D eigenvalue weighted by molar-refractivity contribution is 0.282. The fraction of sp³-hybridized carbons (Fsp3) is 0.688. The Labute approximate surface area is 122 Å². The van der Waals surface area contributed by atoms with Crippen LogP contribution in [0.1, 0.15) is 31.2 Å². The third-order valence-corrected chi connectivity index (χ3v) is 3.78. The molecule has 4 heteroatoms. The lowest BCUT2D eigenvalue weighted by Gasteiger charge is -2.20. The van der Waals surface area contributed by atoms with E-state index in [1.54, 1.807) is 7.11 Å². The highest BCUT2D eigenvalue weighted by molar-refractivity contribution is 5.26. The van der Waals surface area contributed by atoms with Crippen LogP contribution >= 0.6 is 0 Å². The van der Waals surface area contributed by atoms with Crippen LogP contribution in [0.3, 0.4) is 0 Å². The van der Waals surface area contributed by atoms with Crippen LogP contribution in [-0.2, 0) is 6.54 Å². The maximum Gasteiger partial charge on any atom is 0.122 e. The van der Waals surface area contributed by atoms with Gasteiger partial charge >= 0.3 is 0 Å². The summed E-state index contributed by atoms with van der Waals surface area (Å²) < 4.78 is 5.28. The van der Waals surface area contributed by atoms with E-state index in [0.717, 1.165) is 30.2 Å². The highest BCUT2D eigenvalue weighted by Crippen LogP contribution is 2.13. The predicted octanol–water partition coefficient (Wildman–Crippen LogP) is 2.22. The zero-order valence-electron chi connectivity index (χ0n) is 13.0. The molecule has 112 valence electrons. The van der Waals surface area contributed by atoms with E-state index in [-0.39, 0.29) is 0 Å². The summed E-state index contributed by atoms with van der Waals surface area (Å²) in [6.07, 6.45) is 2.74. The third kappa shape index (κ3) is 4.76. The van der Waals surface area contributed by atoms with Crippen molar-refractivity contribution >= 4 is 0 Å². The van der Waals surface area contributed by atoms with Gasteiger partial charge in [-0.3, -0.25) is 4.98 Å². The zero-order valence-corrected chi connectivity index (χ0v) is 13.0. The molecule has 0 amide bonds. The van der Waals surface area contributed by atoms with E-state index in [1.807, 2.05) is 19.1 Å². The molecular formula is C16H27N3O. The summed E-state index contributed by atoms with van der Waals surface area (Å²) in [5.74, 6) is 1.57. The number of aryl methyl sites for hydroxylation is 1. The highest BCUT2D eigenvalue weighted by Gasteiger charge is 2.14. The number of aromatic nitrogens is 1. The molecule has 1 unspecified atom stereocenters. The molecule has 0 bridgehead atoms. The van der Waals surface area contributed by atoms with E-state index in [0.29, 0.717) is 5.92 Å². The number of rotatable bonds is 7. The highest BCUT2D eigenvalue weighted by atomic mass is 16.5. The topological polar surface area (TPSA) is 37.4 Å². The Morgan fingerprint density at radius 3 is 2.80 bits per heavy atom. The van der Waals surface area contributed by atoms with Gasteiger partial charge in [-0.1, -0.05) is 6.92 Å². The van der Waals surface area contributed by atoms with Crippen molar-refractivity contribution in [3.8, 4) is 5.75 Å². The molecule has 1 aromatic rings. The normalized spacial score (nSPS) is 17.4. The first kappa shape index (κ1) is 15.3. The lowest BCUT2D eigenvalue weighted by atomic mass is 10.1. The smallest absolute Gasteiger partial charge is 0.122 e. The van der Waals surface area contributed by atoms with Crippen LogP contribution in [0, 0.1) is 12.8 Å². The summed E-state index contributed by atoms with van der Waals surface area (Å²) in [7, 11) is 1.70.